The van der Waals surface area contributed by atoms with Crippen molar-refractivity contribution >= 4 is 23.1 Å². The summed E-state index contributed by atoms with van der Waals surface area (Å²) in [6.07, 6.45) is 2.37. The van der Waals surface area contributed by atoms with E-state index in [4.69, 9.17) is 0 Å². The molecule has 2 heterocycles. The van der Waals surface area contributed by atoms with Gasteiger partial charge in [0.25, 0.3) is 0 Å². The van der Waals surface area contributed by atoms with E-state index in [1.54, 1.807) is 30.5 Å². The molecule has 0 aliphatic heterocycles. The number of pyridine rings is 1. The van der Waals surface area contributed by atoms with Crippen molar-refractivity contribution in [1.29, 1.82) is 0 Å². The van der Waals surface area contributed by atoms with Gasteiger partial charge in [-0.2, -0.15) is 0 Å². The summed E-state index contributed by atoms with van der Waals surface area (Å²) in [4.78, 5) is 19.6. The number of carboxylic acids is 1. The van der Waals surface area contributed by atoms with Crippen molar-refractivity contribution in [3.8, 4) is 0 Å². The number of hydrogen-bond acceptors (Lipinski definition) is 5. The van der Waals surface area contributed by atoms with E-state index in [-0.39, 0.29) is 5.56 Å². The normalized spacial score (nSPS) is 10.4. The Morgan fingerprint density at radius 1 is 1.47 bits per heavy atom. The molecule has 2 N–H and O–H groups in total. The molecule has 0 spiro atoms. The lowest BCUT2D eigenvalue weighted by Crippen LogP contribution is -2.12. The predicted octanol–water partition coefficient (Wildman–Crippen LogP) is 2.51. The van der Waals surface area contributed by atoms with Crippen molar-refractivity contribution < 1.29 is 9.90 Å². The lowest BCUT2D eigenvalue weighted by molar-refractivity contribution is 0.0697. The smallest absolute Gasteiger partial charge is 0.339 e. The van der Waals surface area contributed by atoms with Crippen molar-refractivity contribution in [1.82, 2.24) is 9.97 Å². The topological polar surface area (TPSA) is 75.1 Å². The zero-order valence-electron chi connectivity index (χ0n) is 10.8. The first-order valence-corrected chi connectivity index (χ1v) is 6.79. The summed E-state index contributed by atoms with van der Waals surface area (Å²) < 4.78 is 0. The molecule has 0 saturated heterocycles. The molecule has 2 aromatic rings. The molecule has 0 bridgehead atoms. The number of anilines is 1. The van der Waals surface area contributed by atoms with Crippen LogP contribution in [0.1, 0.15) is 26.6 Å². The second-order valence-corrected chi connectivity index (χ2v) is 5.16. The summed E-state index contributed by atoms with van der Waals surface area (Å²) in [7, 11) is 0. The van der Waals surface area contributed by atoms with E-state index >= 15 is 0 Å². The van der Waals surface area contributed by atoms with Gasteiger partial charge in [0, 0.05) is 30.2 Å². The van der Waals surface area contributed by atoms with E-state index in [1.807, 2.05) is 12.3 Å². The van der Waals surface area contributed by atoms with Crippen LogP contribution < -0.4 is 5.32 Å². The molecular weight excluding hydrogens is 262 g/mol. The monoisotopic (exact) mass is 277 g/mol. The highest BCUT2D eigenvalue weighted by Gasteiger charge is 2.13. The maximum Gasteiger partial charge on any atom is 0.339 e. The molecule has 5 nitrogen and oxygen atoms in total. The Morgan fingerprint density at radius 2 is 2.26 bits per heavy atom. The van der Waals surface area contributed by atoms with Gasteiger partial charge in [-0.25, -0.2) is 14.8 Å². The number of aromatic nitrogens is 2. The summed E-state index contributed by atoms with van der Waals surface area (Å²) in [5.74, 6) is -0.543. The van der Waals surface area contributed by atoms with Gasteiger partial charge in [-0.3, -0.25) is 0 Å². The molecule has 19 heavy (non-hydrogen) atoms. The SMILES string of the molecule is Cc1csc(CCNc2nccc(C)c2C(=O)O)n1. The van der Waals surface area contributed by atoms with E-state index in [0.29, 0.717) is 17.9 Å². The lowest BCUT2D eigenvalue weighted by atomic mass is 10.1. The molecule has 0 atom stereocenters. The molecule has 0 unspecified atom stereocenters. The molecule has 0 aromatic carbocycles. The number of nitrogens with one attached hydrogen (secondary N) is 1. The molecule has 0 saturated carbocycles. The number of carboxylic acid groups (broad SMARTS) is 1. The number of hydrogen-bond donors (Lipinski definition) is 2. The summed E-state index contributed by atoms with van der Waals surface area (Å²) in [6.45, 7) is 4.34. The molecule has 100 valence electrons. The van der Waals surface area contributed by atoms with Gasteiger partial charge >= 0.3 is 5.97 Å². The quantitative estimate of drug-likeness (QED) is 0.878. The summed E-state index contributed by atoms with van der Waals surface area (Å²) in [5, 5.41) is 15.3. The van der Waals surface area contributed by atoms with Crippen LogP contribution in [0, 0.1) is 13.8 Å². The van der Waals surface area contributed by atoms with Gasteiger partial charge in [0.15, 0.2) is 0 Å². The van der Waals surface area contributed by atoms with Crippen molar-refractivity contribution in [2.75, 3.05) is 11.9 Å². The zero-order chi connectivity index (χ0) is 13.8. The first-order chi connectivity index (χ1) is 9.08. The third-order valence-electron chi connectivity index (χ3n) is 2.67. The van der Waals surface area contributed by atoms with Crippen LogP contribution in [0.15, 0.2) is 17.6 Å². The van der Waals surface area contributed by atoms with Crippen LogP contribution in [-0.2, 0) is 6.42 Å². The van der Waals surface area contributed by atoms with E-state index in [2.05, 4.69) is 15.3 Å². The highest BCUT2D eigenvalue weighted by atomic mass is 32.1. The minimum absolute atomic E-state index is 0.234. The minimum Gasteiger partial charge on any atom is -0.478 e. The lowest BCUT2D eigenvalue weighted by Gasteiger charge is -2.09. The van der Waals surface area contributed by atoms with E-state index in [1.165, 1.54) is 0 Å². The van der Waals surface area contributed by atoms with Gasteiger partial charge in [0.05, 0.1) is 5.01 Å². The Morgan fingerprint density at radius 3 is 2.89 bits per heavy atom. The summed E-state index contributed by atoms with van der Waals surface area (Å²) in [6, 6.07) is 1.69. The maximum atomic E-state index is 11.2. The van der Waals surface area contributed by atoms with Crippen molar-refractivity contribution in [3.63, 3.8) is 0 Å². The Balaban J connectivity index is 2.03. The predicted molar refractivity (Wildman–Crippen MR) is 75.0 cm³/mol. The number of thiazole rings is 1. The number of nitrogens with zero attached hydrogens (tertiary/aromatic N) is 2. The average Bonchev–Trinajstić information content (AvgIpc) is 2.74. The number of carbonyl (C=O) groups is 1. The van der Waals surface area contributed by atoms with Gasteiger partial charge in [-0.05, 0) is 25.5 Å². The van der Waals surface area contributed by atoms with E-state index < -0.39 is 5.97 Å². The van der Waals surface area contributed by atoms with Gasteiger partial charge in [0.1, 0.15) is 11.4 Å². The summed E-state index contributed by atoms with van der Waals surface area (Å²) >= 11 is 1.61. The highest BCUT2D eigenvalue weighted by Crippen LogP contribution is 2.17. The van der Waals surface area contributed by atoms with Crippen molar-refractivity contribution in [2.45, 2.75) is 20.3 Å². The van der Waals surface area contributed by atoms with Crippen LogP contribution in [0.3, 0.4) is 0 Å². The number of aromatic carboxylic acids is 1. The summed E-state index contributed by atoms with van der Waals surface area (Å²) in [5.41, 5.74) is 1.95. The fourth-order valence-electron chi connectivity index (χ4n) is 1.77. The molecule has 2 rings (SSSR count). The van der Waals surface area contributed by atoms with E-state index in [0.717, 1.165) is 17.1 Å². The molecular formula is C13H15N3O2S. The Kier molecular flexibility index (Phi) is 4.11. The second kappa shape index (κ2) is 5.79. The third kappa shape index (κ3) is 3.29. The van der Waals surface area contributed by atoms with Crippen LogP contribution >= 0.6 is 11.3 Å². The number of aryl methyl sites for hydroxylation is 2. The fraction of sp³-hybridized carbons (Fsp3) is 0.308. The van der Waals surface area contributed by atoms with Gasteiger partial charge < -0.3 is 10.4 Å². The molecule has 6 heteroatoms. The molecule has 2 aromatic heterocycles. The van der Waals surface area contributed by atoms with Crippen molar-refractivity contribution in [3.05, 3.63) is 39.5 Å². The van der Waals surface area contributed by atoms with Crippen LogP contribution in [-0.4, -0.2) is 27.6 Å². The number of rotatable bonds is 5. The van der Waals surface area contributed by atoms with Gasteiger partial charge in [0.2, 0.25) is 0 Å². The molecule has 0 radical (unpaired) electrons. The standard InChI is InChI=1S/C13H15N3O2S/c1-8-3-5-14-12(11(8)13(17)18)15-6-4-10-16-9(2)7-19-10/h3,5,7H,4,6H2,1-2H3,(H,14,15)(H,17,18). The largest absolute Gasteiger partial charge is 0.478 e. The molecule has 0 aliphatic rings. The minimum atomic E-state index is -0.960. The van der Waals surface area contributed by atoms with Crippen LogP contribution in [0.25, 0.3) is 0 Å². The van der Waals surface area contributed by atoms with Gasteiger partial charge in [-0.1, -0.05) is 0 Å². The molecule has 0 aliphatic carbocycles. The zero-order valence-corrected chi connectivity index (χ0v) is 11.6. The van der Waals surface area contributed by atoms with Crippen LogP contribution in [0.2, 0.25) is 0 Å². The first-order valence-electron chi connectivity index (χ1n) is 5.91. The maximum absolute atomic E-state index is 11.2. The molecule has 0 amide bonds. The Bertz CT molecular complexity index is 595. The van der Waals surface area contributed by atoms with Crippen molar-refractivity contribution in [2.24, 2.45) is 0 Å². The Hall–Kier alpha value is -1.95. The van der Waals surface area contributed by atoms with Gasteiger partial charge in [-0.15, -0.1) is 11.3 Å². The van der Waals surface area contributed by atoms with Crippen LogP contribution in [0.5, 0.6) is 0 Å². The third-order valence-corrected chi connectivity index (χ3v) is 3.70. The average molecular weight is 277 g/mol. The Labute approximate surface area is 115 Å². The fourth-order valence-corrected chi connectivity index (χ4v) is 2.54. The highest BCUT2D eigenvalue weighted by molar-refractivity contribution is 7.09. The van der Waals surface area contributed by atoms with Crippen LogP contribution in [0.4, 0.5) is 5.82 Å². The second-order valence-electron chi connectivity index (χ2n) is 4.22. The first kappa shape index (κ1) is 13.5. The molecule has 0 fully saturated rings. The van der Waals surface area contributed by atoms with E-state index in [9.17, 15) is 9.90 Å².